The van der Waals surface area contributed by atoms with Crippen LogP contribution in [-0.2, 0) is 29.5 Å². The van der Waals surface area contributed by atoms with Crippen molar-refractivity contribution in [2.45, 2.75) is 92.6 Å². The zero-order valence-corrected chi connectivity index (χ0v) is 25.9. The minimum Gasteiger partial charge on any atom is -0.329 e. The quantitative estimate of drug-likeness (QED) is 0.332. The second-order valence-electron chi connectivity index (χ2n) is 8.76. The molecular formula is C33H47BrN2O. The molecule has 1 heterocycles. The predicted molar refractivity (Wildman–Crippen MR) is 166 cm³/mol. The Labute approximate surface area is 234 Å². The number of hydrogen-bond donors (Lipinski definition) is 0. The van der Waals surface area contributed by atoms with E-state index in [2.05, 4.69) is 103 Å². The molecule has 0 fully saturated rings. The molecule has 1 aliphatic heterocycles. The molecule has 1 atom stereocenters. The number of aryl methyl sites for hydroxylation is 3. The summed E-state index contributed by atoms with van der Waals surface area (Å²) in [6.45, 7) is 17.5. The Balaban J connectivity index is 0.000000365. The van der Waals surface area contributed by atoms with Gasteiger partial charge in [-0.2, -0.15) is 0 Å². The average molecular weight is 568 g/mol. The summed E-state index contributed by atoms with van der Waals surface area (Å²) in [5, 5.41) is 0.962. The normalized spacial score (nSPS) is 15.9. The minimum absolute atomic E-state index is 0.105. The molecule has 1 amide bonds. The van der Waals surface area contributed by atoms with E-state index in [0.717, 1.165) is 30.2 Å². The molecule has 2 aromatic carbocycles. The number of nitrogens with zero attached hydrogens (tertiary/aromatic N) is 2. The van der Waals surface area contributed by atoms with Gasteiger partial charge in [-0.3, -0.25) is 9.79 Å². The summed E-state index contributed by atoms with van der Waals surface area (Å²) in [5.74, 6) is 0.105. The van der Waals surface area contributed by atoms with Crippen molar-refractivity contribution in [3.05, 3.63) is 93.6 Å². The summed E-state index contributed by atoms with van der Waals surface area (Å²) in [4.78, 5) is 18.6. The summed E-state index contributed by atoms with van der Waals surface area (Å²) < 4.78 is 0. The number of carbonyl (C=O) groups is 1. The van der Waals surface area contributed by atoms with Crippen molar-refractivity contribution in [3.8, 4) is 0 Å². The SMILES string of the molecule is CC.CC.CC1=CCC2C(=C1)C=NCC(=O)N2Cc1ccc(C)cc1.CCc1ccc(CBr)cc1CC. The van der Waals surface area contributed by atoms with Crippen LogP contribution in [0.25, 0.3) is 0 Å². The Morgan fingerprint density at radius 1 is 0.919 bits per heavy atom. The van der Waals surface area contributed by atoms with E-state index >= 15 is 0 Å². The fraction of sp³-hybridized carbons (Fsp3) is 0.455. The highest BCUT2D eigenvalue weighted by atomic mass is 79.9. The Morgan fingerprint density at radius 3 is 2.14 bits per heavy atom. The Hall–Kier alpha value is -2.46. The fourth-order valence-electron chi connectivity index (χ4n) is 4.30. The van der Waals surface area contributed by atoms with Gasteiger partial charge in [0.25, 0.3) is 0 Å². The molecule has 2 aromatic rings. The minimum atomic E-state index is 0.105. The van der Waals surface area contributed by atoms with Crippen molar-refractivity contribution in [3.63, 3.8) is 0 Å². The number of amides is 1. The maximum absolute atomic E-state index is 12.4. The Kier molecular flexibility index (Phi) is 15.8. The van der Waals surface area contributed by atoms with E-state index in [0.29, 0.717) is 6.54 Å². The number of benzene rings is 2. The zero-order valence-electron chi connectivity index (χ0n) is 24.3. The van der Waals surface area contributed by atoms with E-state index in [4.69, 9.17) is 0 Å². The highest BCUT2D eigenvalue weighted by Gasteiger charge is 2.28. The van der Waals surface area contributed by atoms with Crippen molar-refractivity contribution < 1.29 is 4.79 Å². The second-order valence-corrected chi connectivity index (χ2v) is 9.33. The van der Waals surface area contributed by atoms with Crippen molar-refractivity contribution in [2.24, 2.45) is 4.99 Å². The number of hydrogen-bond acceptors (Lipinski definition) is 2. The highest BCUT2D eigenvalue weighted by molar-refractivity contribution is 9.08. The standard InChI is InChI=1S/C18H20N2O.C11H15Br.2C2H6/c1-13-3-6-15(7-4-13)12-20-17-8-5-14(2)9-16(17)10-19-11-18(20)21;1-3-10-6-5-9(8-12)7-11(10)4-2;2*1-2/h3-7,9-10,17H,8,11-12H2,1-2H3;5-7H,3-4,8H2,1-2H3;2*1-2H3. The molecule has 0 saturated heterocycles. The van der Waals surface area contributed by atoms with E-state index in [-0.39, 0.29) is 18.5 Å². The molecule has 4 heteroatoms. The van der Waals surface area contributed by atoms with Gasteiger partial charge in [-0.05, 0) is 60.9 Å². The van der Waals surface area contributed by atoms with Crippen LogP contribution in [0.2, 0.25) is 0 Å². The number of alkyl halides is 1. The topological polar surface area (TPSA) is 32.7 Å². The van der Waals surface area contributed by atoms with Crippen LogP contribution in [0.15, 0.2) is 70.8 Å². The number of halogens is 1. The maximum atomic E-state index is 12.4. The average Bonchev–Trinajstić information content (AvgIpc) is 3.09. The monoisotopic (exact) mass is 566 g/mol. The molecule has 2 aliphatic rings. The Bertz CT molecular complexity index is 1050. The van der Waals surface area contributed by atoms with Gasteiger partial charge in [0.2, 0.25) is 5.91 Å². The van der Waals surface area contributed by atoms with Crippen molar-refractivity contribution in [1.29, 1.82) is 0 Å². The number of fused-ring (bicyclic) bond motifs is 1. The van der Waals surface area contributed by atoms with Crippen LogP contribution < -0.4 is 0 Å². The maximum Gasteiger partial charge on any atom is 0.245 e. The van der Waals surface area contributed by atoms with Gasteiger partial charge in [0.05, 0.1) is 6.04 Å². The molecule has 0 bridgehead atoms. The smallest absolute Gasteiger partial charge is 0.245 e. The first-order valence-electron chi connectivity index (χ1n) is 13.8. The first-order valence-corrected chi connectivity index (χ1v) is 15.0. The lowest BCUT2D eigenvalue weighted by Gasteiger charge is -2.32. The first kappa shape index (κ1) is 32.6. The molecule has 1 aliphatic carbocycles. The Morgan fingerprint density at radius 2 is 1.54 bits per heavy atom. The predicted octanol–water partition coefficient (Wildman–Crippen LogP) is 8.81. The van der Waals surface area contributed by atoms with E-state index in [9.17, 15) is 4.79 Å². The van der Waals surface area contributed by atoms with Gasteiger partial charge < -0.3 is 4.90 Å². The van der Waals surface area contributed by atoms with E-state index < -0.39 is 0 Å². The van der Waals surface area contributed by atoms with Gasteiger partial charge in [-0.1, -0.05) is 123 Å². The molecule has 37 heavy (non-hydrogen) atoms. The molecular weight excluding hydrogens is 520 g/mol. The number of aliphatic imine (C=N–C) groups is 1. The lowest BCUT2D eigenvalue weighted by atomic mass is 9.94. The zero-order chi connectivity index (χ0) is 27.8. The van der Waals surface area contributed by atoms with Gasteiger partial charge in [0.1, 0.15) is 6.54 Å². The molecule has 0 spiro atoms. The third-order valence-corrected chi connectivity index (χ3v) is 6.91. The summed E-state index contributed by atoms with van der Waals surface area (Å²) >= 11 is 3.47. The lowest BCUT2D eigenvalue weighted by molar-refractivity contribution is -0.131. The largest absolute Gasteiger partial charge is 0.329 e. The van der Waals surface area contributed by atoms with Crippen LogP contribution in [0.4, 0.5) is 0 Å². The summed E-state index contributed by atoms with van der Waals surface area (Å²) in [5.41, 5.74) is 9.16. The summed E-state index contributed by atoms with van der Waals surface area (Å²) in [7, 11) is 0. The summed E-state index contributed by atoms with van der Waals surface area (Å²) in [6, 6.07) is 15.2. The molecule has 0 saturated carbocycles. The van der Waals surface area contributed by atoms with Gasteiger partial charge in [-0.15, -0.1) is 0 Å². The van der Waals surface area contributed by atoms with Crippen LogP contribution >= 0.6 is 15.9 Å². The van der Waals surface area contributed by atoms with Crippen LogP contribution in [0.5, 0.6) is 0 Å². The van der Waals surface area contributed by atoms with E-state index in [1.165, 1.54) is 33.4 Å². The van der Waals surface area contributed by atoms with Crippen LogP contribution in [0, 0.1) is 6.92 Å². The van der Waals surface area contributed by atoms with E-state index in [1.807, 2.05) is 38.8 Å². The molecule has 0 radical (unpaired) electrons. The van der Waals surface area contributed by atoms with Crippen molar-refractivity contribution in [1.82, 2.24) is 4.90 Å². The second kappa shape index (κ2) is 17.9. The third kappa shape index (κ3) is 10.1. The molecule has 1 unspecified atom stereocenters. The first-order chi connectivity index (χ1) is 17.9. The lowest BCUT2D eigenvalue weighted by Crippen LogP contribution is -2.41. The summed E-state index contributed by atoms with van der Waals surface area (Å²) in [6.07, 6.45) is 9.37. The highest BCUT2D eigenvalue weighted by Crippen LogP contribution is 2.25. The molecule has 3 nitrogen and oxygen atoms in total. The van der Waals surface area contributed by atoms with Crippen molar-refractivity contribution in [2.75, 3.05) is 6.54 Å². The van der Waals surface area contributed by atoms with Gasteiger partial charge >= 0.3 is 0 Å². The number of carbonyl (C=O) groups excluding carboxylic acids is 1. The van der Waals surface area contributed by atoms with E-state index in [1.54, 1.807) is 0 Å². The molecule has 4 rings (SSSR count). The molecule has 0 aromatic heterocycles. The van der Waals surface area contributed by atoms with Crippen LogP contribution in [0.3, 0.4) is 0 Å². The van der Waals surface area contributed by atoms with Gasteiger partial charge in [0, 0.05) is 18.1 Å². The van der Waals surface area contributed by atoms with Crippen molar-refractivity contribution >= 4 is 28.1 Å². The molecule has 202 valence electrons. The van der Waals surface area contributed by atoms with Gasteiger partial charge in [-0.25, -0.2) is 0 Å². The third-order valence-electron chi connectivity index (χ3n) is 6.27. The van der Waals surface area contributed by atoms with Gasteiger partial charge in [0.15, 0.2) is 0 Å². The number of rotatable bonds is 5. The fourth-order valence-corrected chi connectivity index (χ4v) is 4.65. The molecule has 0 N–H and O–H groups in total. The van der Waals surface area contributed by atoms with Crippen LogP contribution in [0.1, 0.15) is 82.7 Å². The van der Waals surface area contributed by atoms with Crippen LogP contribution in [-0.4, -0.2) is 29.6 Å². The number of allylic oxidation sites excluding steroid dienone is 2.